The third-order valence-electron chi connectivity index (χ3n) is 6.06. The molecule has 1 amide bonds. The molecule has 0 spiro atoms. The van der Waals surface area contributed by atoms with Crippen molar-refractivity contribution in [1.29, 1.82) is 0 Å². The molecule has 2 aromatic rings. The lowest BCUT2D eigenvalue weighted by molar-refractivity contribution is -0.000437. The van der Waals surface area contributed by atoms with Crippen LogP contribution in [0.2, 0.25) is 0 Å². The summed E-state index contributed by atoms with van der Waals surface area (Å²) in [6, 6.07) is 7.71. The van der Waals surface area contributed by atoms with Gasteiger partial charge in [0.1, 0.15) is 17.2 Å². The molecule has 1 N–H and O–H groups in total. The summed E-state index contributed by atoms with van der Waals surface area (Å²) in [5, 5.41) is 0. The third kappa shape index (κ3) is 6.32. The summed E-state index contributed by atoms with van der Waals surface area (Å²) in [5.74, 6) is -1.40. The van der Waals surface area contributed by atoms with E-state index in [4.69, 9.17) is 9.47 Å². The van der Waals surface area contributed by atoms with E-state index < -0.39 is 39.4 Å². The second-order valence-corrected chi connectivity index (χ2v) is 12.0. The summed E-state index contributed by atoms with van der Waals surface area (Å²) in [5.41, 5.74) is 1.53. The second-order valence-electron chi connectivity index (χ2n) is 10.3. The van der Waals surface area contributed by atoms with E-state index in [9.17, 15) is 22.0 Å². The standard InChI is InChI=1S/C25H31F2N3O5S/c1-25(2,3)35-24(31)30(23-10-18(26)6-8-22(23)27)21-11-20(14-34-15-21)29-12-16-5-7-19(9-17(16)13-29)28-36(4,32)33/h5-10,20-21,28H,11-15H2,1-4H3/t20-,21+/m1/s1. The van der Waals surface area contributed by atoms with Gasteiger partial charge in [0.05, 0.1) is 31.2 Å². The van der Waals surface area contributed by atoms with Gasteiger partial charge in [-0.25, -0.2) is 22.0 Å². The number of hydrogen-bond donors (Lipinski definition) is 1. The van der Waals surface area contributed by atoms with E-state index in [0.717, 1.165) is 40.5 Å². The topological polar surface area (TPSA) is 88.2 Å². The number of carbonyl (C=O) groups excluding carboxylic acids is 1. The smallest absolute Gasteiger partial charge is 0.415 e. The first-order chi connectivity index (χ1) is 16.8. The van der Waals surface area contributed by atoms with Gasteiger partial charge in [0, 0.05) is 30.9 Å². The number of fused-ring (bicyclic) bond motifs is 1. The number of rotatable bonds is 5. The second kappa shape index (κ2) is 9.95. The zero-order valence-electron chi connectivity index (χ0n) is 20.8. The average Bonchev–Trinajstić information content (AvgIpc) is 3.18. The quantitative estimate of drug-likeness (QED) is 0.631. The van der Waals surface area contributed by atoms with Crippen molar-refractivity contribution in [2.24, 2.45) is 0 Å². The first-order valence-electron chi connectivity index (χ1n) is 11.7. The Morgan fingerprint density at radius 2 is 1.83 bits per heavy atom. The van der Waals surface area contributed by atoms with Crippen LogP contribution in [0.25, 0.3) is 0 Å². The van der Waals surface area contributed by atoms with Crippen LogP contribution in [0.3, 0.4) is 0 Å². The molecule has 2 atom stereocenters. The maximum atomic E-state index is 14.8. The van der Waals surface area contributed by atoms with Gasteiger partial charge < -0.3 is 9.47 Å². The fourth-order valence-corrected chi connectivity index (χ4v) is 5.16. The predicted molar refractivity (Wildman–Crippen MR) is 132 cm³/mol. The van der Waals surface area contributed by atoms with Crippen LogP contribution in [0.4, 0.5) is 25.0 Å². The van der Waals surface area contributed by atoms with Gasteiger partial charge in [0.2, 0.25) is 10.0 Å². The third-order valence-corrected chi connectivity index (χ3v) is 6.67. The van der Waals surface area contributed by atoms with Gasteiger partial charge >= 0.3 is 6.09 Å². The number of sulfonamides is 1. The van der Waals surface area contributed by atoms with Crippen molar-refractivity contribution < 1.29 is 31.5 Å². The highest BCUT2D eigenvalue weighted by Crippen LogP contribution is 2.33. The molecule has 0 aromatic heterocycles. The zero-order valence-corrected chi connectivity index (χ0v) is 21.6. The Balaban J connectivity index is 1.55. The van der Waals surface area contributed by atoms with Gasteiger partial charge in [-0.2, -0.15) is 0 Å². The molecule has 11 heteroatoms. The van der Waals surface area contributed by atoms with Crippen molar-refractivity contribution >= 4 is 27.5 Å². The SMILES string of the molecule is CC(C)(C)OC(=O)N(c1cc(F)ccc1F)[C@@H]1COC[C@H](N2Cc3ccc(NS(C)(=O)=O)cc3C2)C1. The van der Waals surface area contributed by atoms with Crippen LogP contribution < -0.4 is 9.62 Å². The number of anilines is 2. The Bertz CT molecular complexity index is 1250. The number of halogens is 2. The molecule has 0 saturated carbocycles. The van der Waals surface area contributed by atoms with Crippen molar-refractivity contribution in [3.8, 4) is 0 Å². The first kappa shape index (κ1) is 26.3. The van der Waals surface area contributed by atoms with Gasteiger partial charge in [-0.1, -0.05) is 6.07 Å². The summed E-state index contributed by atoms with van der Waals surface area (Å²) < 4.78 is 65.9. The largest absolute Gasteiger partial charge is 0.443 e. The van der Waals surface area contributed by atoms with Crippen LogP contribution in [0, 0.1) is 11.6 Å². The monoisotopic (exact) mass is 523 g/mol. The molecule has 1 saturated heterocycles. The fourth-order valence-electron chi connectivity index (χ4n) is 4.61. The Morgan fingerprint density at radius 1 is 1.11 bits per heavy atom. The van der Waals surface area contributed by atoms with Crippen LogP contribution in [0.1, 0.15) is 38.3 Å². The molecular weight excluding hydrogens is 492 g/mol. The Kier molecular flexibility index (Phi) is 7.27. The van der Waals surface area contributed by atoms with Gasteiger partial charge in [-0.15, -0.1) is 0 Å². The highest BCUT2D eigenvalue weighted by molar-refractivity contribution is 7.92. The molecule has 0 unspecified atom stereocenters. The van der Waals surface area contributed by atoms with Crippen molar-refractivity contribution in [3.63, 3.8) is 0 Å². The van der Waals surface area contributed by atoms with E-state index in [1.165, 1.54) is 0 Å². The number of amides is 1. The lowest BCUT2D eigenvalue weighted by Crippen LogP contribution is -2.53. The zero-order chi connectivity index (χ0) is 26.3. The molecule has 196 valence electrons. The van der Waals surface area contributed by atoms with E-state index >= 15 is 0 Å². The summed E-state index contributed by atoms with van der Waals surface area (Å²) in [4.78, 5) is 16.5. The van der Waals surface area contributed by atoms with E-state index in [1.54, 1.807) is 26.8 Å². The molecule has 4 rings (SSSR count). The molecule has 8 nitrogen and oxygen atoms in total. The van der Waals surface area contributed by atoms with Crippen LogP contribution in [-0.4, -0.2) is 56.6 Å². The molecular formula is C25H31F2N3O5S. The minimum Gasteiger partial charge on any atom is -0.443 e. The summed E-state index contributed by atoms with van der Waals surface area (Å²) in [6.45, 7) is 6.87. The van der Waals surface area contributed by atoms with Crippen LogP contribution in [0.5, 0.6) is 0 Å². The van der Waals surface area contributed by atoms with E-state index in [-0.39, 0.29) is 18.3 Å². The van der Waals surface area contributed by atoms with E-state index in [2.05, 4.69) is 9.62 Å². The summed E-state index contributed by atoms with van der Waals surface area (Å²) in [7, 11) is -3.39. The number of nitrogens with zero attached hydrogens (tertiary/aromatic N) is 2. The molecule has 2 aromatic carbocycles. The van der Waals surface area contributed by atoms with Crippen LogP contribution in [0.15, 0.2) is 36.4 Å². The molecule has 0 radical (unpaired) electrons. The van der Waals surface area contributed by atoms with E-state index in [1.807, 2.05) is 12.1 Å². The van der Waals surface area contributed by atoms with Crippen molar-refractivity contribution in [1.82, 2.24) is 4.90 Å². The molecule has 0 bridgehead atoms. The van der Waals surface area contributed by atoms with Gasteiger partial charge in [-0.05, 0) is 62.6 Å². The van der Waals surface area contributed by atoms with E-state index in [0.29, 0.717) is 31.8 Å². The maximum absolute atomic E-state index is 14.8. The first-order valence-corrected chi connectivity index (χ1v) is 13.6. The molecule has 36 heavy (non-hydrogen) atoms. The number of benzene rings is 2. The number of ether oxygens (including phenoxy) is 2. The van der Waals surface area contributed by atoms with Crippen molar-refractivity contribution in [2.75, 3.05) is 29.1 Å². The predicted octanol–water partition coefficient (Wildman–Crippen LogP) is 4.25. The molecule has 2 heterocycles. The minimum atomic E-state index is -3.39. The molecule has 2 aliphatic rings. The van der Waals surface area contributed by atoms with Gasteiger partial charge in [0.15, 0.2) is 0 Å². The lowest BCUT2D eigenvalue weighted by Gasteiger charge is -2.40. The lowest BCUT2D eigenvalue weighted by atomic mass is 10.0. The number of nitrogens with one attached hydrogen (secondary N) is 1. The van der Waals surface area contributed by atoms with Crippen molar-refractivity contribution in [2.45, 2.75) is 58.0 Å². The molecule has 1 fully saturated rings. The number of hydrogen-bond acceptors (Lipinski definition) is 6. The Hall–Kier alpha value is -2.76. The van der Waals surface area contributed by atoms with Crippen molar-refractivity contribution in [3.05, 3.63) is 59.2 Å². The number of carbonyl (C=O) groups is 1. The van der Waals surface area contributed by atoms with Gasteiger partial charge in [0.25, 0.3) is 0 Å². The Labute approximate surface area is 210 Å². The summed E-state index contributed by atoms with van der Waals surface area (Å²) >= 11 is 0. The molecule has 2 aliphatic heterocycles. The average molecular weight is 524 g/mol. The molecule has 0 aliphatic carbocycles. The maximum Gasteiger partial charge on any atom is 0.415 e. The normalized spacial score (nSPS) is 20.6. The Morgan fingerprint density at radius 3 is 2.53 bits per heavy atom. The highest BCUT2D eigenvalue weighted by Gasteiger charge is 2.38. The van der Waals surface area contributed by atoms with Gasteiger partial charge in [-0.3, -0.25) is 14.5 Å². The highest BCUT2D eigenvalue weighted by atomic mass is 32.2. The minimum absolute atomic E-state index is 0.107. The van der Waals surface area contributed by atoms with Crippen LogP contribution >= 0.6 is 0 Å². The fraction of sp³-hybridized carbons (Fsp3) is 0.480. The van der Waals surface area contributed by atoms with Crippen LogP contribution in [-0.2, 0) is 32.6 Å². The summed E-state index contributed by atoms with van der Waals surface area (Å²) in [6.07, 6.45) is 0.782.